The van der Waals surface area contributed by atoms with Crippen LogP contribution in [0.15, 0.2) is 18.2 Å². The van der Waals surface area contributed by atoms with Gasteiger partial charge in [-0.3, -0.25) is 14.9 Å². The summed E-state index contributed by atoms with van der Waals surface area (Å²) in [5.41, 5.74) is 4.93. The Morgan fingerprint density at radius 1 is 1.19 bits per heavy atom. The molecule has 1 rings (SSSR count). The van der Waals surface area contributed by atoms with Crippen LogP contribution in [-0.2, 0) is 14.3 Å². The second kappa shape index (κ2) is 9.98. The molecule has 0 unspecified atom stereocenters. The minimum absolute atomic E-state index is 0.0491. The summed E-state index contributed by atoms with van der Waals surface area (Å²) in [5, 5.41) is 4.79. The number of ether oxygens (including phenoxy) is 1. The molecule has 0 heterocycles. The average molecular weight is 404 g/mol. The van der Waals surface area contributed by atoms with E-state index in [0.717, 1.165) is 0 Å². The summed E-state index contributed by atoms with van der Waals surface area (Å²) in [4.78, 5) is 46.4. The third-order valence-corrected chi connectivity index (χ3v) is 3.63. The number of hydrogen-bond acceptors (Lipinski definition) is 5. The molecule has 0 aromatic heterocycles. The average Bonchev–Trinajstić information content (AvgIpc) is 2.50. The van der Waals surface area contributed by atoms with Crippen molar-refractivity contribution in [3.63, 3.8) is 0 Å². The number of halogens is 2. The Hall–Kier alpha value is -2.32. The molecule has 1 aromatic carbocycles. The molecule has 0 aliphatic rings. The standard InChI is InChI=1S/C16H19Cl2N3O5/c1-8(2)5-12(15(24)26-7-13(22)21-16(19)25)20-14(23)10-4-3-9(17)6-11(10)18/h3-4,6,8,12H,5,7H2,1-2H3,(H,20,23)(H3,19,21,22,25)/t12-/m1/s1. The van der Waals surface area contributed by atoms with Crippen molar-refractivity contribution in [3.8, 4) is 0 Å². The second-order valence-corrected chi connectivity index (χ2v) is 6.64. The number of carbonyl (C=O) groups excluding carboxylic acids is 4. The van der Waals surface area contributed by atoms with E-state index < -0.39 is 36.5 Å². The normalized spacial score (nSPS) is 11.6. The van der Waals surface area contributed by atoms with Crippen LogP contribution in [0.3, 0.4) is 0 Å². The number of amides is 4. The zero-order valence-electron chi connectivity index (χ0n) is 14.2. The first kappa shape index (κ1) is 21.7. The Kier molecular flexibility index (Phi) is 8.34. The fraction of sp³-hybridized carbons (Fsp3) is 0.375. The minimum Gasteiger partial charge on any atom is -0.454 e. The summed E-state index contributed by atoms with van der Waals surface area (Å²) in [6, 6.07) is 2.26. The molecule has 0 saturated heterocycles. The van der Waals surface area contributed by atoms with Gasteiger partial charge < -0.3 is 15.8 Å². The Labute approximate surface area is 160 Å². The van der Waals surface area contributed by atoms with Crippen molar-refractivity contribution in [1.82, 2.24) is 10.6 Å². The van der Waals surface area contributed by atoms with Crippen LogP contribution < -0.4 is 16.4 Å². The van der Waals surface area contributed by atoms with Gasteiger partial charge in [0.25, 0.3) is 11.8 Å². The molecule has 26 heavy (non-hydrogen) atoms. The van der Waals surface area contributed by atoms with E-state index in [1.807, 2.05) is 13.8 Å². The zero-order chi connectivity index (χ0) is 19.9. The van der Waals surface area contributed by atoms with Gasteiger partial charge in [0, 0.05) is 5.02 Å². The zero-order valence-corrected chi connectivity index (χ0v) is 15.7. The van der Waals surface area contributed by atoms with E-state index in [0.29, 0.717) is 5.02 Å². The van der Waals surface area contributed by atoms with Crippen molar-refractivity contribution in [2.45, 2.75) is 26.3 Å². The summed E-state index contributed by atoms with van der Waals surface area (Å²) >= 11 is 11.8. The molecule has 4 N–H and O–H groups in total. The number of carbonyl (C=O) groups is 4. The van der Waals surface area contributed by atoms with E-state index in [-0.39, 0.29) is 22.9 Å². The highest BCUT2D eigenvalue weighted by atomic mass is 35.5. The van der Waals surface area contributed by atoms with Crippen molar-refractivity contribution >= 4 is 47.0 Å². The third kappa shape index (κ3) is 7.28. The maximum absolute atomic E-state index is 12.4. The highest BCUT2D eigenvalue weighted by Gasteiger charge is 2.25. The molecular formula is C16H19Cl2N3O5. The van der Waals surface area contributed by atoms with Crippen LogP contribution in [0.4, 0.5) is 4.79 Å². The summed E-state index contributed by atoms with van der Waals surface area (Å²) < 4.78 is 4.83. The highest BCUT2D eigenvalue weighted by molar-refractivity contribution is 6.36. The SMILES string of the molecule is CC(C)C[C@@H](NC(=O)c1ccc(Cl)cc1Cl)C(=O)OCC(=O)NC(N)=O. The monoisotopic (exact) mass is 403 g/mol. The van der Waals surface area contributed by atoms with Crippen molar-refractivity contribution in [2.24, 2.45) is 11.7 Å². The van der Waals surface area contributed by atoms with Gasteiger partial charge in [-0.1, -0.05) is 37.0 Å². The van der Waals surface area contributed by atoms with Gasteiger partial charge in [-0.2, -0.15) is 0 Å². The number of nitrogens with two attached hydrogens (primary N) is 1. The smallest absolute Gasteiger partial charge is 0.329 e. The molecule has 0 radical (unpaired) electrons. The molecule has 0 spiro atoms. The number of imide groups is 1. The first-order chi connectivity index (χ1) is 12.1. The number of esters is 1. The Morgan fingerprint density at radius 3 is 2.38 bits per heavy atom. The molecule has 0 fully saturated rings. The lowest BCUT2D eigenvalue weighted by Crippen LogP contribution is -2.44. The Morgan fingerprint density at radius 2 is 1.85 bits per heavy atom. The number of rotatable bonds is 7. The van der Waals surface area contributed by atoms with E-state index in [1.54, 1.807) is 5.32 Å². The van der Waals surface area contributed by atoms with Gasteiger partial charge in [0.05, 0.1) is 10.6 Å². The van der Waals surface area contributed by atoms with Crippen LogP contribution in [0.25, 0.3) is 0 Å². The van der Waals surface area contributed by atoms with Crippen LogP contribution in [0.1, 0.15) is 30.6 Å². The van der Waals surface area contributed by atoms with Crippen LogP contribution in [0.5, 0.6) is 0 Å². The lowest BCUT2D eigenvalue weighted by molar-refractivity contribution is -0.150. The van der Waals surface area contributed by atoms with Gasteiger partial charge in [-0.05, 0) is 30.5 Å². The number of urea groups is 1. The Balaban J connectivity index is 2.79. The quantitative estimate of drug-likeness (QED) is 0.598. The lowest BCUT2D eigenvalue weighted by Gasteiger charge is -2.19. The minimum atomic E-state index is -1.06. The van der Waals surface area contributed by atoms with E-state index >= 15 is 0 Å². The van der Waals surface area contributed by atoms with Crippen molar-refractivity contribution in [2.75, 3.05) is 6.61 Å². The van der Waals surface area contributed by atoms with Crippen LogP contribution in [0.2, 0.25) is 10.0 Å². The second-order valence-electron chi connectivity index (χ2n) is 5.80. The third-order valence-electron chi connectivity index (χ3n) is 3.08. The largest absolute Gasteiger partial charge is 0.454 e. The van der Waals surface area contributed by atoms with Gasteiger partial charge >= 0.3 is 12.0 Å². The van der Waals surface area contributed by atoms with Crippen LogP contribution >= 0.6 is 23.2 Å². The van der Waals surface area contributed by atoms with Crippen LogP contribution in [-0.4, -0.2) is 36.5 Å². The maximum Gasteiger partial charge on any atom is 0.329 e. The van der Waals surface area contributed by atoms with E-state index in [4.69, 9.17) is 33.7 Å². The maximum atomic E-state index is 12.4. The van der Waals surface area contributed by atoms with E-state index in [9.17, 15) is 19.2 Å². The topological polar surface area (TPSA) is 128 Å². The predicted molar refractivity (Wildman–Crippen MR) is 95.9 cm³/mol. The molecule has 8 nitrogen and oxygen atoms in total. The van der Waals surface area contributed by atoms with Crippen molar-refractivity contribution in [1.29, 1.82) is 0 Å². The van der Waals surface area contributed by atoms with Gasteiger partial charge in [0.1, 0.15) is 6.04 Å². The molecule has 0 bridgehead atoms. The molecule has 0 saturated carbocycles. The van der Waals surface area contributed by atoms with Crippen molar-refractivity contribution in [3.05, 3.63) is 33.8 Å². The number of hydrogen-bond donors (Lipinski definition) is 3. The summed E-state index contributed by atoms with van der Waals surface area (Å²) in [5.74, 6) is -2.23. The molecule has 1 atom stereocenters. The van der Waals surface area contributed by atoms with Crippen molar-refractivity contribution < 1.29 is 23.9 Å². The molecule has 1 aromatic rings. The lowest BCUT2D eigenvalue weighted by atomic mass is 10.0. The van der Waals surface area contributed by atoms with Gasteiger partial charge in [-0.15, -0.1) is 0 Å². The predicted octanol–water partition coefficient (Wildman–Crippen LogP) is 1.88. The molecule has 142 valence electrons. The first-order valence-corrected chi connectivity index (χ1v) is 8.37. The molecule has 10 heteroatoms. The molecule has 0 aliphatic carbocycles. The molecular weight excluding hydrogens is 385 g/mol. The fourth-order valence-corrected chi connectivity index (χ4v) is 2.50. The van der Waals surface area contributed by atoms with E-state index in [1.165, 1.54) is 18.2 Å². The van der Waals surface area contributed by atoms with Crippen LogP contribution in [0, 0.1) is 5.92 Å². The highest BCUT2D eigenvalue weighted by Crippen LogP contribution is 2.21. The molecule has 4 amide bonds. The number of primary amides is 1. The summed E-state index contributed by atoms with van der Waals surface area (Å²) in [7, 11) is 0. The van der Waals surface area contributed by atoms with Gasteiger partial charge in [-0.25, -0.2) is 9.59 Å². The van der Waals surface area contributed by atoms with Gasteiger partial charge in [0.15, 0.2) is 6.61 Å². The fourth-order valence-electron chi connectivity index (χ4n) is 2.01. The molecule has 0 aliphatic heterocycles. The number of benzene rings is 1. The van der Waals surface area contributed by atoms with E-state index in [2.05, 4.69) is 5.32 Å². The summed E-state index contributed by atoms with van der Waals surface area (Å²) in [6.07, 6.45) is 0.271. The Bertz CT molecular complexity index is 709. The summed E-state index contributed by atoms with van der Waals surface area (Å²) in [6.45, 7) is 3.00. The number of nitrogens with one attached hydrogen (secondary N) is 2. The first-order valence-electron chi connectivity index (χ1n) is 7.62. The van der Waals surface area contributed by atoms with Gasteiger partial charge in [0.2, 0.25) is 0 Å².